The molecule has 4 nitrogen and oxygen atoms in total. The van der Waals surface area contributed by atoms with Crippen LogP contribution in [0.1, 0.15) is 39.8 Å². The number of methoxy groups -OCH3 is 1. The van der Waals surface area contributed by atoms with Gasteiger partial charge in [0, 0.05) is 18.2 Å². The number of nitrogens with one attached hydrogen (secondary N) is 1. The predicted octanol–water partition coefficient (Wildman–Crippen LogP) is 6.28. The van der Waals surface area contributed by atoms with Gasteiger partial charge in [-0.25, -0.2) is 8.78 Å². The number of nitrogens with two attached hydrogens (primary N) is 1. The molecule has 0 amide bonds. The molecule has 0 aromatic heterocycles. The number of hydrogen-bond donors (Lipinski definition) is 3. The second-order valence-corrected chi connectivity index (χ2v) is 9.50. The lowest BCUT2D eigenvalue weighted by Gasteiger charge is -2.39. The zero-order chi connectivity index (χ0) is 25.0. The molecule has 4 aromatic rings. The summed E-state index contributed by atoms with van der Waals surface area (Å²) in [5.41, 5.74) is 12.5. The van der Waals surface area contributed by atoms with Crippen LogP contribution in [-0.2, 0) is 13.0 Å². The molecular formula is C30H26F2N2O2. The maximum absolute atomic E-state index is 15.0. The number of halogens is 2. The van der Waals surface area contributed by atoms with Gasteiger partial charge in [0.1, 0.15) is 11.6 Å². The lowest BCUT2D eigenvalue weighted by Crippen LogP contribution is -2.31. The first-order chi connectivity index (χ1) is 17.5. The lowest BCUT2D eigenvalue weighted by atomic mass is 9.74. The molecule has 3 unspecified atom stereocenters. The van der Waals surface area contributed by atoms with Crippen LogP contribution in [0.2, 0.25) is 0 Å². The van der Waals surface area contributed by atoms with E-state index in [1.54, 1.807) is 6.07 Å². The zero-order valence-electron chi connectivity index (χ0n) is 19.8. The Kier molecular flexibility index (Phi) is 5.41. The number of anilines is 1. The van der Waals surface area contributed by atoms with Crippen molar-refractivity contribution in [2.45, 2.75) is 24.9 Å². The number of ether oxygens (including phenoxy) is 1. The Morgan fingerprint density at radius 1 is 0.944 bits per heavy atom. The number of phenols is 1. The molecule has 4 aromatic carbocycles. The van der Waals surface area contributed by atoms with Gasteiger partial charge in [0.05, 0.1) is 18.7 Å². The first-order valence-corrected chi connectivity index (χ1v) is 12.0. The van der Waals surface area contributed by atoms with Crippen molar-refractivity contribution in [2.24, 2.45) is 11.7 Å². The Labute approximate surface area is 208 Å². The Bertz CT molecular complexity index is 1470. The van der Waals surface area contributed by atoms with Crippen LogP contribution in [0.3, 0.4) is 0 Å². The van der Waals surface area contributed by atoms with Gasteiger partial charge in [-0.05, 0) is 76.1 Å². The molecule has 1 heterocycles. The Balaban J connectivity index is 1.59. The van der Waals surface area contributed by atoms with E-state index in [0.717, 1.165) is 17.7 Å². The SMILES string of the molecule is COc1cc(C2Nc3ccc(CN)cc3C3c4ccccc4CC23)c(-c2c(F)cccc2F)cc1O. The molecule has 0 saturated carbocycles. The van der Waals surface area contributed by atoms with Crippen molar-refractivity contribution in [3.05, 3.63) is 112 Å². The summed E-state index contributed by atoms with van der Waals surface area (Å²) in [6, 6.07) is 21.2. The predicted molar refractivity (Wildman–Crippen MR) is 136 cm³/mol. The number of phenolic OH excluding ortho intramolecular Hbond substituents is 1. The molecule has 182 valence electrons. The summed E-state index contributed by atoms with van der Waals surface area (Å²) >= 11 is 0. The van der Waals surface area contributed by atoms with Gasteiger partial charge in [-0.15, -0.1) is 0 Å². The Hall–Kier alpha value is -3.90. The summed E-state index contributed by atoms with van der Waals surface area (Å²) in [6.07, 6.45) is 0.799. The van der Waals surface area contributed by atoms with Crippen LogP contribution in [0, 0.1) is 17.6 Å². The largest absolute Gasteiger partial charge is 0.504 e. The third-order valence-corrected chi connectivity index (χ3v) is 7.62. The molecule has 0 saturated heterocycles. The van der Waals surface area contributed by atoms with Crippen molar-refractivity contribution in [2.75, 3.05) is 12.4 Å². The highest BCUT2D eigenvalue weighted by molar-refractivity contribution is 5.75. The van der Waals surface area contributed by atoms with Crippen molar-refractivity contribution in [3.8, 4) is 22.6 Å². The van der Waals surface area contributed by atoms with Gasteiger partial charge in [-0.2, -0.15) is 0 Å². The third kappa shape index (κ3) is 3.44. The smallest absolute Gasteiger partial charge is 0.160 e. The second kappa shape index (κ2) is 8.64. The van der Waals surface area contributed by atoms with Crippen LogP contribution in [0.4, 0.5) is 14.5 Å². The molecule has 4 N–H and O–H groups in total. The summed E-state index contributed by atoms with van der Waals surface area (Å²) in [7, 11) is 1.47. The summed E-state index contributed by atoms with van der Waals surface area (Å²) in [6.45, 7) is 0.446. The molecule has 3 atom stereocenters. The van der Waals surface area contributed by atoms with Crippen molar-refractivity contribution in [1.29, 1.82) is 0 Å². The van der Waals surface area contributed by atoms with E-state index in [1.807, 2.05) is 18.2 Å². The minimum absolute atomic E-state index is 0.0748. The van der Waals surface area contributed by atoms with E-state index in [9.17, 15) is 5.11 Å². The first-order valence-electron chi connectivity index (χ1n) is 12.0. The van der Waals surface area contributed by atoms with E-state index in [4.69, 9.17) is 10.5 Å². The monoisotopic (exact) mass is 484 g/mol. The van der Waals surface area contributed by atoms with Gasteiger partial charge in [-0.1, -0.05) is 42.5 Å². The second-order valence-electron chi connectivity index (χ2n) is 9.50. The quantitative estimate of drug-likeness (QED) is 0.319. The Morgan fingerprint density at radius 2 is 1.72 bits per heavy atom. The van der Waals surface area contributed by atoms with Crippen LogP contribution in [0.15, 0.2) is 72.8 Å². The van der Waals surface area contributed by atoms with E-state index < -0.39 is 11.6 Å². The third-order valence-electron chi connectivity index (χ3n) is 7.62. The fourth-order valence-corrected chi connectivity index (χ4v) is 6.02. The molecule has 1 aliphatic carbocycles. The van der Waals surface area contributed by atoms with Gasteiger partial charge in [-0.3, -0.25) is 0 Å². The summed E-state index contributed by atoms with van der Waals surface area (Å²) in [5.74, 6) is -1.12. The molecule has 36 heavy (non-hydrogen) atoms. The summed E-state index contributed by atoms with van der Waals surface area (Å²) < 4.78 is 35.5. The van der Waals surface area contributed by atoms with E-state index in [-0.39, 0.29) is 34.9 Å². The van der Waals surface area contributed by atoms with Crippen molar-refractivity contribution in [1.82, 2.24) is 0 Å². The van der Waals surface area contributed by atoms with E-state index in [2.05, 4.69) is 29.6 Å². The normalized spacial score (nSPS) is 19.7. The van der Waals surface area contributed by atoms with Crippen LogP contribution >= 0.6 is 0 Å². The number of aromatic hydroxyl groups is 1. The van der Waals surface area contributed by atoms with E-state index in [1.165, 1.54) is 48.1 Å². The van der Waals surface area contributed by atoms with E-state index >= 15 is 8.78 Å². The van der Waals surface area contributed by atoms with Crippen LogP contribution < -0.4 is 15.8 Å². The van der Waals surface area contributed by atoms with Crippen molar-refractivity contribution < 1.29 is 18.6 Å². The maximum Gasteiger partial charge on any atom is 0.160 e. The van der Waals surface area contributed by atoms with Crippen LogP contribution in [0.5, 0.6) is 11.5 Å². The molecule has 6 rings (SSSR count). The van der Waals surface area contributed by atoms with Gasteiger partial charge >= 0.3 is 0 Å². The minimum Gasteiger partial charge on any atom is -0.504 e. The highest BCUT2D eigenvalue weighted by Crippen LogP contribution is 2.55. The minimum atomic E-state index is -0.684. The molecule has 0 fully saturated rings. The van der Waals surface area contributed by atoms with Crippen LogP contribution in [-0.4, -0.2) is 12.2 Å². The fourth-order valence-electron chi connectivity index (χ4n) is 6.02. The topological polar surface area (TPSA) is 67.5 Å². The van der Waals surface area contributed by atoms with Crippen LogP contribution in [0.25, 0.3) is 11.1 Å². The van der Waals surface area contributed by atoms with Crippen molar-refractivity contribution >= 4 is 5.69 Å². The number of benzene rings is 4. The average Bonchev–Trinajstić information content (AvgIpc) is 3.28. The van der Waals surface area contributed by atoms with Gasteiger partial charge in [0.15, 0.2) is 11.5 Å². The van der Waals surface area contributed by atoms with Gasteiger partial charge in [0.2, 0.25) is 0 Å². The highest BCUT2D eigenvalue weighted by atomic mass is 19.1. The average molecular weight is 485 g/mol. The van der Waals surface area contributed by atoms with Gasteiger partial charge < -0.3 is 20.9 Å². The number of fused-ring (bicyclic) bond motifs is 5. The summed E-state index contributed by atoms with van der Waals surface area (Å²) in [4.78, 5) is 0. The molecule has 0 bridgehead atoms. The van der Waals surface area contributed by atoms with E-state index in [0.29, 0.717) is 17.7 Å². The lowest BCUT2D eigenvalue weighted by molar-refractivity contribution is 0.370. The molecule has 6 heteroatoms. The fraction of sp³-hybridized carbons (Fsp3) is 0.200. The summed E-state index contributed by atoms with van der Waals surface area (Å²) in [5, 5.41) is 14.3. The molecule has 0 spiro atoms. The number of rotatable bonds is 4. The molecule has 1 aliphatic heterocycles. The standard InChI is InChI=1S/C30H26F2N2O2/c1-36-27-14-20(19(13-26(27)35)29-23(31)7-4-8-24(29)32)30-22-12-17-5-2-3-6-18(17)28(22)21-11-16(15-33)9-10-25(21)34-30/h2-11,13-14,22,28,30,34-35H,12,15,33H2,1H3. The highest BCUT2D eigenvalue weighted by Gasteiger charge is 2.44. The molecule has 0 radical (unpaired) electrons. The zero-order valence-corrected chi connectivity index (χ0v) is 19.8. The van der Waals surface area contributed by atoms with Gasteiger partial charge in [0.25, 0.3) is 0 Å². The molecule has 2 aliphatic rings. The molecular weight excluding hydrogens is 458 g/mol. The number of hydrogen-bond acceptors (Lipinski definition) is 4. The van der Waals surface area contributed by atoms with Crippen molar-refractivity contribution in [3.63, 3.8) is 0 Å². The first kappa shape index (κ1) is 22.6. The maximum atomic E-state index is 15.0. The Morgan fingerprint density at radius 3 is 2.47 bits per heavy atom.